The summed E-state index contributed by atoms with van der Waals surface area (Å²) in [6.45, 7) is 6.80. The van der Waals surface area contributed by atoms with Gasteiger partial charge in [-0.05, 0) is 51.9 Å². The van der Waals surface area contributed by atoms with Gasteiger partial charge in [-0.1, -0.05) is 0 Å². The van der Waals surface area contributed by atoms with E-state index in [9.17, 15) is 0 Å². The Labute approximate surface area is 142 Å². The minimum Gasteiger partial charge on any atom is -0.459 e. The number of aryl methyl sites for hydroxylation is 1. The summed E-state index contributed by atoms with van der Waals surface area (Å²) >= 11 is 0. The third-order valence-electron chi connectivity index (χ3n) is 4.62. The predicted octanol–water partition coefficient (Wildman–Crippen LogP) is 1.77. The number of hydrogen-bond donors (Lipinski definition) is 1. The van der Waals surface area contributed by atoms with Crippen LogP contribution in [0.2, 0.25) is 0 Å². The van der Waals surface area contributed by atoms with Crippen molar-refractivity contribution in [3.63, 3.8) is 0 Å². The number of likely N-dealkylation sites (tertiary alicyclic amines) is 1. The number of hydrogen-bond acceptors (Lipinski definition) is 7. The molecule has 132 valence electrons. The van der Waals surface area contributed by atoms with Crippen LogP contribution in [0.15, 0.2) is 21.2 Å². The number of furan rings is 1. The fraction of sp³-hybridized carbons (Fsp3) is 0.647. The van der Waals surface area contributed by atoms with Crippen LogP contribution in [-0.4, -0.2) is 64.9 Å². The first-order valence-electron chi connectivity index (χ1n) is 8.54. The Balaban J connectivity index is 1.48. The fourth-order valence-electron chi connectivity index (χ4n) is 3.27. The van der Waals surface area contributed by atoms with E-state index in [2.05, 4.69) is 27.0 Å². The normalized spacial score (nSPS) is 17.0. The average molecular weight is 334 g/mol. The van der Waals surface area contributed by atoms with E-state index in [1.54, 1.807) is 6.26 Å². The van der Waals surface area contributed by atoms with Gasteiger partial charge in [-0.25, -0.2) is 0 Å². The Morgan fingerprint density at radius 2 is 2.12 bits per heavy atom. The summed E-state index contributed by atoms with van der Waals surface area (Å²) in [4.78, 5) is 4.56. The van der Waals surface area contributed by atoms with Crippen LogP contribution in [0.5, 0.6) is 0 Å². The lowest BCUT2D eigenvalue weighted by molar-refractivity contribution is 0.127. The molecule has 1 saturated heterocycles. The summed E-state index contributed by atoms with van der Waals surface area (Å²) in [5.74, 6) is 2.38. The summed E-state index contributed by atoms with van der Waals surface area (Å²) in [6, 6.07) is 1.88. The fourth-order valence-corrected chi connectivity index (χ4v) is 3.27. The van der Waals surface area contributed by atoms with Crippen LogP contribution in [0.4, 0.5) is 0 Å². The van der Waals surface area contributed by atoms with Gasteiger partial charge in [0.2, 0.25) is 5.89 Å². The predicted molar refractivity (Wildman–Crippen MR) is 89.3 cm³/mol. The summed E-state index contributed by atoms with van der Waals surface area (Å²) in [7, 11) is 2.09. The molecular formula is C17H26N4O3. The highest BCUT2D eigenvalue weighted by atomic mass is 16.4. The van der Waals surface area contributed by atoms with Crippen LogP contribution < -0.4 is 0 Å². The van der Waals surface area contributed by atoms with Gasteiger partial charge in [-0.3, -0.25) is 4.90 Å². The lowest BCUT2D eigenvalue weighted by atomic mass is 9.96. The van der Waals surface area contributed by atoms with Crippen LogP contribution in [0, 0.1) is 12.8 Å². The summed E-state index contributed by atoms with van der Waals surface area (Å²) < 4.78 is 11.1. The Morgan fingerprint density at radius 1 is 1.33 bits per heavy atom. The zero-order chi connectivity index (χ0) is 16.9. The highest BCUT2D eigenvalue weighted by Crippen LogP contribution is 2.23. The molecule has 0 spiro atoms. The first-order valence-corrected chi connectivity index (χ1v) is 8.54. The second-order valence-corrected chi connectivity index (χ2v) is 6.64. The van der Waals surface area contributed by atoms with Crippen molar-refractivity contribution in [3.05, 3.63) is 23.8 Å². The van der Waals surface area contributed by atoms with Gasteiger partial charge in [0.05, 0.1) is 19.4 Å². The standard InChI is InChI=1S/C17H26N4O3/c1-13-5-10-23-16(13)17-19-18-15(24-17)12-20(2)11-14-3-6-21(7-4-14)8-9-22/h5,10,14,22H,3-4,6-9,11-12H2,1-2H3. The van der Waals surface area contributed by atoms with E-state index in [1.807, 2.05) is 13.0 Å². The maximum atomic E-state index is 9.00. The summed E-state index contributed by atoms with van der Waals surface area (Å²) in [5, 5.41) is 17.2. The van der Waals surface area contributed by atoms with Crippen LogP contribution in [0.1, 0.15) is 24.3 Å². The molecule has 2 aromatic rings. The van der Waals surface area contributed by atoms with Crippen molar-refractivity contribution in [1.82, 2.24) is 20.0 Å². The molecule has 3 heterocycles. The molecule has 2 aromatic heterocycles. The van der Waals surface area contributed by atoms with E-state index in [0.29, 0.717) is 30.0 Å². The van der Waals surface area contributed by atoms with E-state index >= 15 is 0 Å². The van der Waals surface area contributed by atoms with Crippen molar-refractivity contribution < 1.29 is 13.9 Å². The second kappa shape index (κ2) is 7.92. The Morgan fingerprint density at radius 3 is 2.79 bits per heavy atom. The Bertz CT molecular complexity index is 631. The molecule has 7 nitrogen and oxygen atoms in total. The minimum absolute atomic E-state index is 0.249. The molecule has 24 heavy (non-hydrogen) atoms. The summed E-state index contributed by atoms with van der Waals surface area (Å²) in [5.41, 5.74) is 0.994. The molecule has 0 radical (unpaired) electrons. The van der Waals surface area contributed by atoms with Gasteiger partial charge in [0, 0.05) is 18.7 Å². The zero-order valence-electron chi connectivity index (χ0n) is 14.4. The highest BCUT2D eigenvalue weighted by Gasteiger charge is 2.21. The first kappa shape index (κ1) is 17.1. The van der Waals surface area contributed by atoms with Gasteiger partial charge in [0.25, 0.3) is 5.89 Å². The van der Waals surface area contributed by atoms with Gasteiger partial charge < -0.3 is 18.8 Å². The smallest absolute Gasteiger partial charge is 0.283 e. The molecule has 0 amide bonds. The molecule has 0 aromatic carbocycles. The van der Waals surface area contributed by atoms with E-state index < -0.39 is 0 Å². The quantitative estimate of drug-likeness (QED) is 0.826. The number of piperidine rings is 1. The molecule has 0 aliphatic carbocycles. The highest BCUT2D eigenvalue weighted by molar-refractivity contribution is 5.49. The molecule has 0 bridgehead atoms. The second-order valence-electron chi connectivity index (χ2n) is 6.64. The molecule has 1 N–H and O–H groups in total. The first-order chi connectivity index (χ1) is 11.7. The lowest BCUT2D eigenvalue weighted by Crippen LogP contribution is -2.38. The van der Waals surface area contributed by atoms with Gasteiger partial charge >= 0.3 is 0 Å². The van der Waals surface area contributed by atoms with Gasteiger partial charge in [0.15, 0.2) is 5.76 Å². The average Bonchev–Trinajstić information content (AvgIpc) is 3.18. The van der Waals surface area contributed by atoms with Crippen molar-refractivity contribution in [1.29, 1.82) is 0 Å². The minimum atomic E-state index is 0.249. The molecule has 3 rings (SSSR count). The maximum absolute atomic E-state index is 9.00. The number of aliphatic hydroxyl groups is 1. The third kappa shape index (κ3) is 4.23. The van der Waals surface area contributed by atoms with Gasteiger partial charge in [0.1, 0.15) is 0 Å². The molecule has 7 heteroatoms. The zero-order valence-corrected chi connectivity index (χ0v) is 14.4. The Kier molecular flexibility index (Phi) is 5.65. The van der Waals surface area contributed by atoms with Gasteiger partial charge in [-0.2, -0.15) is 0 Å². The monoisotopic (exact) mass is 334 g/mol. The molecule has 1 aliphatic heterocycles. The van der Waals surface area contributed by atoms with Crippen molar-refractivity contribution >= 4 is 0 Å². The van der Waals surface area contributed by atoms with Gasteiger partial charge in [-0.15, -0.1) is 10.2 Å². The van der Waals surface area contributed by atoms with Crippen LogP contribution in [0.3, 0.4) is 0 Å². The van der Waals surface area contributed by atoms with E-state index in [4.69, 9.17) is 13.9 Å². The van der Waals surface area contributed by atoms with Crippen LogP contribution in [0.25, 0.3) is 11.7 Å². The molecule has 0 atom stereocenters. The number of aliphatic hydroxyl groups excluding tert-OH is 1. The Hall–Kier alpha value is -1.70. The van der Waals surface area contributed by atoms with Crippen molar-refractivity contribution in [2.75, 3.05) is 39.8 Å². The molecular weight excluding hydrogens is 308 g/mol. The lowest BCUT2D eigenvalue weighted by Gasteiger charge is -2.33. The topological polar surface area (TPSA) is 78.8 Å². The van der Waals surface area contributed by atoms with E-state index in [-0.39, 0.29) is 6.61 Å². The largest absolute Gasteiger partial charge is 0.459 e. The SMILES string of the molecule is Cc1ccoc1-c1nnc(CN(C)CC2CCN(CCO)CC2)o1. The van der Waals surface area contributed by atoms with E-state index in [0.717, 1.165) is 31.7 Å². The number of β-amino-alcohol motifs (C(OH)–C–C–N with tert-alkyl or cyclic N) is 1. The third-order valence-corrected chi connectivity index (χ3v) is 4.62. The molecule has 0 saturated carbocycles. The molecule has 1 fully saturated rings. The van der Waals surface area contributed by atoms with Crippen molar-refractivity contribution in [3.8, 4) is 11.7 Å². The van der Waals surface area contributed by atoms with E-state index in [1.165, 1.54) is 12.8 Å². The maximum Gasteiger partial charge on any atom is 0.283 e. The number of nitrogens with zero attached hydrogens (tertiary/aromatic N) is 4. The molecule has 0 unspecified atom stereocenters. The van der Waals surface area contributed by atoms with Crippen LogP contribution >= 0.6 is 0 Å². The van der Waals surface area contributed by atoms with Crippen LogP contribution in [-0.2, 0) is 6.54 Å². The van der Waals surface area contributed by atoms with Crippen molar-refractivity contribution in [2.45, 2.75) is 26.3 Å². The number of aromatic nitrogens is 2. The molecule has 1 aliphatic rings. The van der Waals surface area contributed by atoms with Crippen molar-refractivity contribution in [2.24, 2.45) is 5.92 Å². The summed E-state index contributed by atoms with van der Waals surface area (Å²) in [6.07, 6.45) is 3.97. The number of rotatable bonds is 7.